The molecule has 1 aromatic heterocycles. The van der Waals surface area contributed by atoms with Crippen LogP contribution < -0.4 is 10.5 Å². The van der Waals surface area contributed by atoms with Crippen molar-refractivity contribution in [3.05, 3.63) is 22.3 Å². The molecular weight excluding hydrogens is 281 g/mol. The van der Waals surface area contributed by atoms with Crippen LogP contribution in [0, 0.1) is 0 Å². The number of alkyl halides is 3. The maximum Gasteiger partial charge on any atom is 0.574 e. The molecule has 82 valence electrons. The molecule has 0 atom stereocenters. The van der Waals surface area contributed by atoms with Crippen LogP contribution in [0.1, 0.15) is 10.4 Å². The van der Waals surface area contributed by atoms with Crippen LogP contribution in [0.15, 0.2) is 16.7 Å². The Morgan fingerprint density at radius 2 is 2.13 bits per heavy atom. The van der Waals surface area contributed by atoms with E-state index in [1.54, 1.807) is 0 Å². The van der Waals surface area contributed by atoms with Crippen LogP contribution in [0.4, 0.5) is 13.2 Å². The zero-order chi connectivity index (χ0) is 11.6. The van der Waals surface area contributed by atoms with Crippen molar-refractivity contribution in [1.82, 2.24) is 4.98 Å². The molecule has 0 unspecified atom stereocenters. The lowest BCUT2D eigenvalue weighted by Crippen LogP contribution is -2.21. The van der Waals surface area contributed by atoms with Gasteiger partial charge in [0.15, 0.2) is 0 Å². The Kier molecular flexibility index (Phi) is 3.18. The van der Waals surface area contributed by atoms with Crippen LogP contribution in [0.3, 0.4) is 0 Å². The summed E-state index contributed by atoms with van der Waals surface area (Å²) in [6.45, 7) is 0. The second-order valence-corrected chi connectivity index (χ2v) is 3.33. The summed E-state index contributed by atoms with van der Waals surface area (Å²) in [6, 6.07) is 1.09. The van der Waals surface area contributed by atoms with Gasteiger partial charge in [0, 0.05) is 10.7 Å². The molecule has 15 heavy (non-hydrogen) atoms. The monoisotopic (exact) mass is 284 g/mol. The van der Waals surface area contributed by atoms with Gasteiger partial charge in [-0.05, 0) is 22.0 Å². The van der Waals surface area contributed by atoms with Crippen molar-refractivity contribution in [3.8, 4) is 5.88 Å². The second-order valence-electron chi connectivity index (χ2n) is 2.42. The molecule has 1 aromatic rings. The van der Waals surface area contributed by atoms with Crippen LogP contribution in [0.5, 0.6) is 5.88 Å². The minimum absolute atomic E-state index is 0.325. The van der Waals surface area contributed by atoms with Gasteiger partial charge in [-0.2, -0.15) is 0 Å². The van der Waals surface area contributed by atoms with E-state index in [1.807, 2.05) is 0 Å². The number of hydrogen-bond donors (Lipinski definition) is 1. The second kappa shape index (κ2) is 4.05. The van der Waals surface area contributed by atoms with Crippen LogP contribution in [-0.2, 0) is 0 Å². The van der Waals surface area contributed by atoms with Gasteiger partial charge in [0.1, 0.15) is 5.56 Å². The number of halogens is 4. The van der Waals surface area contributed by atoms with Gasteiger partial charge in [-0.15, -0.1) is 13.2 Å². The molecule has 1 rings (SSSR count). The molecule has 0 aromatic carbocycles. The number of hydrogen-bond acceptors (Lipinski definition) is 3. The fourth-order valence-electron chi connectivity index (χ4n) is 0.794. The highest BCUT2D eigenvalue weighted by Gasteiger charge is 2.33. The highest BCUT2D eigenvalue weighted by Crippen LogP contribution is 2.25. The number of nitrogens with zero attached hydrogens (tertiary/aromatic N) is 1. The van der Waals surface area contributed by atoms with Crippen LogP contribution >= 0.6 is 15.9 Å². The van der Waals surface area contributed by atoms with E-state index >= 15 is 0 Å². The van der Waals surface area contributed by atoms with E-state index in [1.165, 1.54) is 0 Å². The van der Waals surface area contributed by atoms with Gasteiger partial charge in [-0.25, -0.2) is 4.98 Å². The Morgan fingerprint density at radius 1 is 1.53 bits per heavy atom. The first kappa shape index (κ1) is 11.8. The molecule has 4 nitrogen and oxygen atoms in total. The predicted octanol–water partition coefficient (Wildman–Crippen LogP) is 1.84. The van der Waals surface area contributed by atoms with Crippen molar-refractivity contribution in [2.45, 2.75) is 6.36 Å². The van der Waals surface area contributed by atoms with Gasteiger partial charge in [0.2, 0.25) is 5.88 Å². The Labute approximate surface area is 90.4 Å². The number of amides is 1. The predicted molar refractivity (Wildman–Crippen MR) is 47.1 cm³/mol. The summed E-state index contributed by atoms with van der Waals surface area (Å²) in [5.41, 5.74) is 4.41. The number of ether oxygens (including phenoxy) is 1. The van der Waals surface area contributed by atoms with Crippen molar-refractivity contribution >= 4 is 21.8 Å². The Hall–Kier alpha value is -1.31. The molecular formula is C7H4BrF3N2O2. The van der Waals surface area contributed by atoms with E-state index in [2.05, 4.69) is 25.7 Å². The van der Waals surface area contributed by atoms with Gasteiger partial charge in [-0.3, -0.25) is 4.79 Å². The molecule has 1 amide bonds. The smallest absolute Gasteiger partial charge is 0.387 e. The summed E-state index contributed by atoms with van der Waals surface area (Å²) in [4.78, 5) is 14.1. The van der Waals surface area contributed by atoms with E-state index in [-0.39, 0.29) is 0 Å². The van der Waals surface area contributed by atoms with E-state index in [0.29, 0.717) is 4.47 Å². The molecule has 0 saturated heterocycles. The fourth-order valence-corrected chi connectivity index (χ4v) is 1.13. The number of pyridine rings is 1. The Bertz CT molecular complexity index is 394. The minimum atomic E-state index is -4.91. The topological polar surface area (TPSA) is 65.2 Å². The molecule has 0 saturated carbocycles. The maximum atomic E-state index is 11.9. The molecule has 0 aliphatic carbocycles. The Balaban J connectivity index is 3.12. The van der Waals surface area contributed by atoms with E-state index in [4.69, 9.17) is 5.73 Å². The summed E-state index contributed by atoms with van der Waals surface area (Å²) in [7, 11) is 0. The van der Waals surface area contributed by atoms with Crippen molar-refractivity contribution < 1.29 is 22.7 Å². The molecule has 0 radical (unpaired) electrons. The minimum Gasteiger partial charge on any atom is -0.387 e. The molecule has 0 bridgehead atoms. The highest BCUT2D eigenvalue weighted by atomic mass is 79.9. The number of carbonyl (C=O) groups is 1. The molecule has 0 spiro atoms. The maximum absolute atomic E-state index is 11.9. The lowest BCUT2D eigenvalue weighted by Gasteiger charge is -2.10. The van der Waals surface area contributed by atoms with E-state index in [0.717, 1.165) is 12.3 Å². The third kappa shape index (κ3) is 3.39. The summed E-state index contributed by atoms with van der Waals surface area (Å²) in [5.74, 6) is -1.92. The number of rotatable bonds is 2. The molecule has 0 aliphatic heterocycles. The van der Waals surface area contributed by atoms with E-state index < -0.39 is 23.7 Å². The summed E-state index contributed by atoms with van der Waals surface area (Å²) in [5, 5.41) is 0. The largest absolute Gasteiger partial charge is 0.574 e. The summed E-state index contributed by atoms with van der Waals surface area (Å²) < 4.78 is 39.4. The number of primary amides is 1. The first-order valence-corrected chi connectivity index (χ1v) is 4.30. The molecule has 8 heteroatoms. The first-order chi connectivity index (χ1) is 6.79. The quantitative estimate of drug-likeness (QED) is 0.901. The highest BCUT2D eigenvalue weighted by molar-refractivity contribution is 9.10. The zero-order valence-electron chi connectivity index (χ0n) is 7.01. The van der Waals surface area contributed by atoms with Crippen molar-refractivity contribution in [2.75, 3.05) is 0 Å². The van der Waals surface area contributed by atoms with Crippen molar-refractivity contribution in [3.63, 3.8) is 0 Å². The normalized spacial score (nSPS) is 11.2. The van der Waals surface area contributed by atoms with Gasteiger partial charge in [-0.1, -0.05) is 0 Å². The lowest BCUT2D eigenvalue weighted by molar-refractivity contribution is -0.276. The molecule has 1 heterocycles. The summed E-state index contributed by atoms with van der Waals surface area (Å²) >= 11 is 2.94. The average Bonchev–Trinajstić information content (AvgIpc) is 2.05. The first-order valence-electron chi connectivity index (χ1n) is 3.50. The average molecular weight is 285 g/mol. The van der Waals surface area contributed by atoms with Crippen LogP contribution in [0.25, 0.3) is 0 Å². The van der Waals surface area contributed by atoms with Gasteiger partial charge < -0.3 is 10.5 Å². The van der Waals surface area contributed by atoms with Gasteiger partial charge in [0.25, 0.3) is 5.91 Å². The molecule has 2 N–H and O–H groups in total. The van der Waals surface area contributed by atoms with Crippen molar-refractivity contribution in [1.29, 1.82) is 0 Å². The Morgan fingerprint density at radius 3 is 2.60 bits per heavy atom. The van der Waals surface area contributed by atoms with Crippen LogP contribution in [0.2, 0.25) is 0 Å². The van der Waals surface area contributed by atoms with Gasteiger partial charge in [0.05, 0.1) is 0 Å². The van der Waals surface area contributed by atoms with E-state index in [9.17, 15) is 18.0 Å². The van der Waals surface area contributed by atoms with Crippen LogP contribution in [-0.4, -0.2) is 17.3 Å². The fraction of sp³-hybridized carbons (Fsp3) is 0.143. The molecule has 0 aliphatic rings. The number of carbonyl (C=O) groups excluding carboxylic acids is 1. The van der Waals surface area contributed by atoms with Crippen molar-refractivity contribution in [2.24, 2.45) is 5.73 Å². The van der Waals surface area contributed by atoms with Gasteiger partial charge >= 0.3 is 6.36 Å². The zero-order valence-corrected chi connectivity index (χ0v) is 8.59. The molecule has 0 fully saturated rings. The lowest BCUT2D eigenvalue weighted by atomic mass is 10.2. The number of nitrogens with two attached hydrogens (primary N) is 1. The summed E-state index contributed by atoms with van der Waals surface area (Å²) in [6.07, 6.45) is -3.85. The number of aromatic nitrogens is 1. The third-order valence-electron chi connectivity index (χ3n) is 1.30. The standard InChI is InChI=1S/C7H4BrF3N2O2/c8-3-1-4(5(12)14)6(13-2-3)15-7(9,10)11/h1-2H,(H2,12,14). The SMILES string of the molecule is NC(=O)c1cc(Br)cnc1OC(F)(F)F. The third-order valence-corrected chi connectivity index (χ3v) is 1.73.